The molecule has 0 spiro atoms. The molecule has 1 aliphatic rings. The van der Waals surface area contributed by atoms with Crippen molar-refractivity contribution in [3.8, 4) is 5.75 Å². The number of fused-ring (bicyclic) bond motifs is 2. The van der Waals surface area contributed by atoms with Gasteiger partial charge in [-0.3, -0.25) is 4.79 Å². The molecule has 24 heavy (non-hydrogen) atoms. The molecule has 7 heteroatoms. The van der Waals surface area contributed by atoms with E-state index in [2.05, 4.69) is 23.8 Å². The van der Waals surface area contributed by atoms with Crippen LogP contribution >= 0.6 is 11.3 Å². The van der Waals surface area contributed by atoms with Crippen molar-refractivity contribution in [1.82, 2.24) is 9.97 Å². The molecule has 1 atom stereocenters. The Labute approximate surface area is 142 Å². The number of carbonyl (C=O) groups excluding carboxylic acids is 1. The number of benzene rings is 1. The molecule has 0 fully saturated rings. The number of aryl methyl sites for hydroxylation is 2. The van der Waals surface area contributed by atoms with Gasteiger partial charge in [0.25, 0.3) is 5.91 Å². The molecule has 2 N–H and O–H groups in total. The fourth-order valence-corrected chi connectivity index (χ4v) is 3.94. The Kier molecular flexibility index (Phi) is 3.38. The Morgan fingerprint density at radius 3 is 2.92 bits per heavy atom. The molecule has 0 unspecified atom stereocenters. The van der Waals surface area contributed by atoms with Gasteiger partial charge in [0.1, 0.15) is 22.7 Å². The van der Waals surface area contributed by atoms with Crippen LogP contribution in [0.3, 0.4) is 0 Å². The van der Waals surface area contributed by atoms with Crippen LogP contribution < -0.4 is 15.4 Å². The lowest BCUT2D eigenvalue weighted by molar-refractivity contribution is -0.124. The van der Waals surface area contributed by atoms with Crippen molar-refractivity contribution in [2.75, 3.05) is 11.4 Å². The predicted molar refractivity (Wildman–Crippen MR) is 93.9 cm³/mol. The Morgan fingerprint density at radius 1 is 1.33 bits per heavy atom. The van der Waals surface area contributed by atoms with Crippen molar-refractivity contribution in [3.63, 3.8) is 0 Å². The minimum atomic E-state index is -0.718. The number of para-hydroxylation sites is 2. The summed E-state index contributed by atoms with van der Waals surface area (Å²) in [5, 5.41) is 1.01. The summed E-state index contributed by atoms with van der Waals surface area (Å²) in [6.07, 6.45) is 0.842. The molecule has 1 aromatic carbocycles. The van der Waals surface area contributed by atoms with Crippen molar-refractivity contribution in [2.45, 2.75) is 20.0 Å². The van der Waals surface area contributed by atoms with E-state index in [0.717, 1.165) is 27.3 Å². The van der Waals surface area contributed by atoms with Gasteiger partial charge in [-0.2, -0.15) is 0 Å². The molecule has 2 aromatic heterocycles. The molecule has 0 saturated heterocycles. The Bertz CT molecular complexity index is 953. The summed E-state index contributed by atoms with van der Waals surface area (Å²) in [6, 6.07) is 7.59. The van der Waals surface area contributed by atoms with Crippen LogP contribution in [0.4, 0.5) is 11.5 Å². The number of anilines is 2. The average Bonchev–Trinajstić information content (AvgIpc) is 2.88. The highest BCUT2D eigenvalue weighted by molar-refractivity contribution is 7.18. The van der Waals surface area contributed by atoms with Gasteiger partial charge >= 0.3 is 0 Å². The molecule has 6 nitrogen and oxygen atoms in total. The van der Waals surface area contributed by atoms with Gasteiger partial charge in [-0.15, -0.1) is 11.3 Å². The number of hydrogen-bond acceptors (Lipinski definition) is 6. The van der Waals surface area contributed by atoms with E-state index >= 15 is 0 Å². The van der Waals surface area contributed by atoms with Crippen LogP contribution in [0.5, 0.6) is 5.75 Å². The molecule has 0 radical (unpaired) electrons. The SMILES string of the molecule is Cc1sc2ncnc(N3C[C@@H](C(N)=O)Oc4ccccc43)c2c1C. The minimum absolute atomic E-state index is 0.326. The van der Waals surface area contributed by atoms with E-state index < -0.39 is 12.0 Å². The van der Waals surface area contributed by atoms with Gasteiger partial charge in [-0.25, -0.2) is 9.97 Å². The van der Waals surface area contributed by atoms with Crippen LogP contribution in [0.25, 0.3) is 10.2 Å². The summed E-state index contributed by atoms with van der Waals surface area (Å²) in [4.78, 5) is 24.8. The molecular weight excluding hydrogens is 324 g/mol. The van der Waals surface area contributed by atoms with Gasteiger partial charge in [-0.1, -0.05) is 12.1 Å². The van der Waals surface area contributed by atoms with Crippen LogP contribution in [0.1, 0.15) is 10.4 Å². The summed E-state index contributed by atoms with van der Waals surface area (Å²) in [5.74, 6) is 0.922. The molecule has 3 aromatic rings. The Balaban J connectivity index is 1.94. The lowest BCUT2D eigenvalue weighted by Gasteiger charge is -2.34. The third kappa shape index (κ3) is 2.20. The van der Waals surface area contributed by atoms with Crippen LogP contribution in [-0.4, -0.2) is 28.5 Å². The van der Waals surface area contributed by atoms with Crippen molar-refractivity contribution in [2.24, 2.45) is 5.73 Å². The quantitative estimate of drug-likeness (QED) is 0.776. The first-order valence-corrected chi connectivity index (χ1v) is 8.41. The zero-order valence-corrected chi connectivity index (χ0v) is 14.1. The van der Waals surface area contributed by atoms with E-state index in [1.165, 1.54) is 4.88 Å². The summed E-state index contributed by atoms with van der Waals surface area (Å²) in [7, 11) is 0. The average molecular weight is 340 g/mol. The molecule has 122 valence electrons. The smallest absolute Gasteiger partial charge is 0.260 e. The fraction of sp³-hybridized carbons (Fsp3) is 0.235. The number of ether oxygens (including phenoxy) is 1. The fourth-order valence-electron chi connectivity index (χ4n) is 2.95. The Morgan fingerprint density at radius 2 is 2.12 bits per heavy atom. The molecule has 1 aliphatic heterocycles. The number of hydrogen-bond donors (Lipinski definition) is 1. The number of nitrogens with two attached hydrogens (primary N) is 1. The maximum absolute atomic E-state index is 11.7. The van der Waals surface area contributed by atoms with Crippen LogP contribution in [0.2, 0.25) is 0 Å². The predicted octanol–water partition coefficient (Wildman–Crippen LogP) is 2.69. The highest BCUT2D eigenvalue weighted by Crippen LogP contribution is 2.42. The summed E-state index contributed by atoms with van der Waals surface area (Å²) in [5.41, 5.74) is 7.52. The van der Waals surface area contributed by atoms with Crippen molar-refractivity contribution >= 4 is 39.0 Å². The van der Waals surface area contributed by atoms with Gasteiger partial charge in [0.15, 0.2) is 6.10 Å². The molecule has 0 bridgehead atoms. The number of carbonyl (C=O) groups is 1. The molecule has 4 rings (SSSR count). The molecular formula is C17H16N4O2S. The monoisotopic (exact) mass is 340 g/mol. The zero-order valence-electron chi connectivity index (χ0n) is 13.3. The van der Waals surface area contributed by atoms with Gasteiger partial charge in [0.05, 0.1) is 17.6 Å². The second kappa shape index (κ2) is 5.45. The molecule has 0 aliphatic carbocycles. The normalized spacial score (nSPS) is 16.8. The maximum atomic E-state index is 11.7. The molecule has 3 heterocycles. The number of rotatable bonds is 2. The lowest BCUT2D eigenvalue weighted by Crippen LogP contribution is -2.45. The van der Waals surface area contributed by atoms with Crippen molar-refractivity contribution in [1.29, 1.82) is 0 Å². The number of aromatic nitrogens is 2. The largest absolute Gasteiger partial charge is 0.477 e. The van der Waals surface area contributed by atoms with Gasteiger partial charge in [-0.05, 0) is 31.5 Å². The highest BCUT2D eigenvalue weighted by atomic mass is 32.1. The van der Waals surface area contributed by atoms with E-state index in [1.54, 1.807) is 17.7 Å². The van der Waals surface area contributed by atoms with E-state index in [9.17, 15) is 4.79 Å². The van der Waals surface area contributed by atoms with E-state index in [1.807, 2.05) is 29.2 Å². The number of primary amides is 1. The van der Waals surface area contributed by atoms with E-state index in [0.29, 0.717) is 12.3 Å². The van der Waals surface area contributed by atoms with Crippen molar-refractivity contribution < 1.29 is 9.53 Å². The van der Waals surface area contributed by atoms with Gasteiger partial charge in [0, 0.05) is 4.88 Å². The van der Waals surface area contributed by atoms with Crippen LogP contribution in [0.15, 0.2) is 30.6 Å². The number of amides is 1. The van der Waals surface area contributed by atoms with E-state index in [4.69, 9.17) is 10.5 Å². The third-order valence-corrected chi connectivity index (χ3v) is 5.41. The van der Waals surface area contributed by atoms with Gasteiger partial charge in [0.2, 0.25) is 0 Å². The molecule has 0 saturated carbocycles. The van der Waals surface area contributed by atoms with Crippen LogP contribution in [0, 0.1) is 13.8 Å². The summed E-state index contributed by atoms with van der Waals surface area (Å²) < 4.78 is 5.74. The van der Waals surface area contributed by atoms with Crippen molar-refractivity contribution in [3.05, 3.63) is 41.0 Å². The first kappa shape index (κ1) is 14.9. The van der Waals surface area contributed by atoms with E-state index in [-0.39, 0.29) is 0 Å². The Hall–Kier alpha value is -2.67. The molecule has 1 amide bonds. The van der Waals surface area contributed by atoms with Gasteiger partial charge < -0.3 is 15.4 Å². The lowest BCUT2D eigenvalue weighted by atomic mass is 10.1. The number of nitrogens with zero attached hydrogens (tertiary/aromatic N) is 3. The first-order valence-electron chi connectivity index (χ1n) is 7.59. The maximum Gasteiger partial charge on any atom is 0.260 e. The summed E-state index contributed by atoms with van der Waals surface area (Å²) >= 11 is 1.64. The number of thiophene rings is 1. The highest BCUT2D eigenvalue weighted by Gasteiger charge is 2.32. The standard InChI is InChI=1S/C17H16N4O2S/c1-9-10(2)24-17-14(9)16(19-8-20-17)21-7-13(15(18)22)23-12-6-4-3-5-11(12)21/h3-6,8,13H,7H2,1-2H3,(H2,18,22)/t13-/m0/s1. The minimum Gasteiger partial charge on any atom is -0.477 e. The summed E-state index contributed by atoms with van der Waals surface area (Å²) in [6.45, 7) is 4.47. The zero-order chi connectivity index (χ0) is 16.8. The second-order valence-corrected chi connectivity index (χ2v) is 6.95. The topological polar surface area (TPSA) is 81.3 Å². The second-order valence-electron chi connectivity index (χ2n) is 5.75. The first-order chi connectivity index (χ1) is 11.6. The third-order valence-electron chi connectivity index (χ3n) is 4.29. The van der Waals surface area contributed by atoms with Crippen LogP contribution in [-0.2, 0) is 4.79 Å².